The van der Waals surface area contributed by atoms with Gasteiger partial charge in [0.1, 0.15) is 0 Å². The summed E-state index contributed by atoms with van der Waals surface area (Å²) in [5.74, 6) is 0. The zero-order valence-corrected chi connectivity index (χ0v) is 13.0. The van der Waals surface area contributed by atoms with Crippen LogP contribution in [0.5, 0.6) is 0 Å². The van der Waals surface area contributed by atoms with Gasteiger partial charge in [0.2, 0.25) is 0 Å². The first-order chi connectivity index (χ1) is 8.19. The van der Waals surface area contributed by atoms with Gasteiger partial charge < -0.3 is 10.4 Å². The van der Waals surface area contributed by atoms with Gasteiger partial charge in [0.05, 0.1) is 6.10 Å². The second kappa shape index (κ2) is 9.68. The van der Waals surface area contributed by atoms with Crippen LogP contribution in [0, 0.1) is 0 Å². The van der Waals surface area contributed by atoms with E-state index in [2.05, 4.69) is 30.6 Å². The quantitative estimate of drug-likeness (QED) is 0.594. The van der Waals surface area contributed by atoms with Crippen molar-refractivity contribution in [1.82, 2.24) is 5.32 Å². The molecule has 2 unspecified atom stereocenters. The number of aliphatic hydroxyl groups excluding tert-OH is 1. The van der Waals surface area contributed by atoms with Gasteiger partial charge in [-0.1, -0.05) is 25.5 Å². The first kappa shape index (κ1) is 17.8. The van der Waals surface area contributed by atoms with Crippen LogP contribution in [0.1, 0.15) is 38.4 Å². The highest BCUT2D eigenvalue weighted by Crippen LogP contribution is 2.21. The van der Waals surface area contributed by atoms with Crippen LogP contribution in [-0.4, -0.2) is 23.9 Å². The van der Waals surface area contributed by atoms with Crippen molar-refractivity contribution >= 4 is 24.2 Å². The molecule has 104 valence electrons. The Kier molecular flexibility index (Phi) is 9.56. The second-order valence-electron chi connectivity index (χ2n) is 4.31. The summed E-state index contributed by atoms with van der Waals surface area (Å²) in [6, 6.07) is 8.23. The molecule has 0 aliphatic carbocycles. The smallest absolute Gasteiger partial charge is 0.0940 e. The molecule has 18 heavy (non-hydrogen) atoms. The number of nitrogens with one attached hydrogen (secondary N) is 1. The van der Waals surface area contributed by atoms with Crippen molar-refractivity contribution < 1.29 is 5.11 Å². The standard InChI is InChI=1S/C14H23NOS.ClH/c1-4-5-10-15-11(2)14(16)12-6-8-13(17-3)9-7-12;/h6-9,11,14-16H,4-5,10H2,1-3H3;1H. The molecule has 1 rings (SSSR count). The minimum absolute atomic E-state index is 0. The van der Waals surface area contributed by atoms with Crippen molar-refractivity contribution in [3.05, 3.63) is 29.8 Å². The lowest BCUT2D eigenvalue weighted by Crippen LogP contribution is -2.32. The van der Waals surface area contributed by atoms with Crippen molar-refractivity contribution in [2.75, 3.05) is 12.8 Å². The average molecular weight is 290 g/mol. The van der Waals surface area contributed by atoms with Crippen LogP contribution in [0.2, 0.25) is 0 Å². The summed E-state index contributed by atoms with van der Waals surface area (Å²) in [7, 11) is 0. The molecule has 0 aliphatic rings. The van der Waals surface area contributed by atoms with E-state index in [4.69, 9.17) is 0 Å². The van der Waals surface area contributed by atoms with E-state index in [9.17, 15) is 5.11 Å². The average Bonchev–Trinajstić information content (AvgIpc) is 2.38. The molecular weight excluding hydrogens is 266 g/mol. The topological polar surface area (TPSA) is 32.3 Å². The maximum Gasteiger partial charge on any atom is 0.0940 e. The Morgan fingerprint density at radius 1 is 1.28 bits per heavy atom. The predicted octanol–water partition coefficient (Wildman–Crippen LogP) is 3.64. The van der Waals surface area contributed by atoms with Gasteiger partial charge in [-0.05, 0) is 43.8 Å². The molecule has 1 aromatic carbocycles. The molecule has 0 radical (unpaired) electrons. The molecular formula is C14H24ClNOS. The van der Waals surface area contributed by atoms with Crippen LogP contribution >= 0.6 is 24.2 Å². The number of unbranched alkanes of at least 4 members (excludes halogenated alkanes) is 1. The normalized spacial score (nSPS) is 13.8. The molecule has 0 heterocycles. The van der Waals surface area contributed by atoms with Crippen molar-refractivity contribution in [1.29, 1.82) is 0 Å². The van der Waals surface area contributed by atoms with Gasteiger partial charge in [-0.2, -0.15) is 0 Å². The fourth-order valence-corrected chi connectivity index (χ4v) is 2.12. The predicted molar refractivity (Wildman–Crippen MR) is 82.8 cm³/mol. The molecule has 4 heteroatoms. The highest BCUT2D eigenvalue weighted by Gasteiger charge is 2.15. The number of aliphatic hydroxyl groups is 1. The summed E-state index contributed by atoms with van der Waals surface area (Å²) in [5, 5.41) is 13.5. The summed E-state index contributed by atoms with van der Waals surface area (Å²) in [6.07, 6.45) is 3.96. The van der Waals surface area contributed by atoms with Crippen molar-refractivity contribution in [3.8, 4) is 0 Å². The SMILES string of the molecule is CCCCNC(C)C(O)c1ccc(SC)cc1.Cl. The molecule has 0 saturated carbocycles. The van der Waals surface area contributed by atoms with E-state index < -0.39 is 6.10 Å². The number of hydrogen-bond donors (Lipinski definition) is 2. The highest BCUT2D eigenvalue weighted by atomic mass is 35.5. The molecule has 0 aromatic heterocycles. The number of rotatable bonds is 7. The fourth-order valence-electron chi connectivity index (χ4n) is 1.71. The molecule has 0 amide bonds. The minimum Gasteiger partial charge on any atom is -0.387 e. The molecule has 0 saturated heterocycles. The van der Waals surface area contributed by atoms with Crippen molar-refractivity contribution in [3.63, 3.8) is 0 Å². The summed E-state index contributed by atoms with van der Waals surface area (Å²) in [4.78, 5) is 1.23. The Morgan fingerprint density at radius 2 is 1.89 bits per heavy atom. The van der Waals surface area contributed by atoms with Crippen molar-refractivity contribution in [2.24, 2.45) is 0 Å². The molecule has 2 N–H and O–H groups in total. The lowest BCUT2D eigenvalue weighted by Gasteiger charge is -2.20. The van der Waals surface area contributed by atoms with Crippen LogP contribution < -0.4 is 5.32 Å². The Hall–Kier alpha value is -0.220. The maximum absolute atomic E-state index is 10.2. The maximum atomic E-state index is 10.2. The number of thioether (sulfide) groups is 1. The zero-order valence-electron chi connectivity index (χ0n) is 11.3. The first-order valence-corrected chi connectivity index (χ1v) is 7.47. The van der Waals surface area contributed by atoms with Gasteiger partial charge in [-0.15, -0.1) is 24.2 Å². The third-order valence-corrected chi connectivity index (χ3v) is 3.67. The van der Waals surface area contributed by atoms with Gasteiger partial charge in [-0.3, -0.25) is 0 Å². The summed E-state index contributed by atoms with van der Waals surface area (Å²) in [6.45, 7) is 5.17. The highest BCUT2D eigenvalue weighted by molar-refractivity contribution is 7.98. The zero-order chi connectivity index (χ0) is 12.7. The monoisotopic (exact) mass is 289 g/mol. The van der Waals surface area contributed by atoms with Crippen LogP contribution in [0.15, 0.2) is 29.2 Å². The van der Waals surface area contributed by atoms with Gasteiger partial charge in [0.15, 0.2) is 0 Å². The Bertz CT molecular complexity index is 318. The molecule has 0 aliphatic heterocycles. The number of halogens is 1. The van der Waals surface area contributed by atoms with E-state index >= 15 is 0 Å². The van der Waals surface area contributed by atoms with Crippen LogP contribution in [-0.2, 0) is 0 Å². The van der Waals surface area contributed by atoms with Crippen LogP contribution in [0.3, 0.4) is 0 Å². The van der Waals surface area contributed by atoms with E-state index in [1.807, 2.05) is 19.1 Å². The number of hydrogen-bond acceptors (Lipinski definition) is 3. The van der Waals surface area contributed by atoms with Crippen LogP contribution in [0.4, 0.5) is 0 Å². The third-order valence-electron chi connectivity index (χ3n) is 2.93. The molecule has 2 atom stereocenters. The fraction of sp³-hybridized carbons (Fsp3) is 0.571. The van der Waals surface area contributed by atoms with E-state index in [-0.39, 0.29) is 18.4 Å². The summed E-state index contributed by atoms with van der Waals surface area (Å²) >= 11 is 1.72. The molecule has 0 spiro atoms. The van der Waals surface area contributed by atoms with E-state index in [1.165, 1.54) is 11.3 Å². The Morgan fingerprint density at radius 3 is 2.39 bits per heavy atom. The lowest BCUT2D eigenvalue weighted by molar-refractivity contribution is 0.136. The summed E-state index contributed by atoms with van der Waals surface area (Å²) < 4.78 is 0. The summed E-state index contributed by atoms with van der Waals surface area (Å²) in [5.41, 5.74) is 0.985. The van der Waals surface area contributed by atoms with E-state index in [0.717, 1.165) is 18.5 Å². The third kappa shape index (κ3) is 5.61. The molecule has 1 aromatic rings. The largest absolute Gasteiger partial charge is 0.387 e. The van der Waals surface area contributed by atoms with Crippen LogP contribution in [0.25, 0.3) is 0 Å². The lowest BCUT2D eigenvalue weighted by atomic mass is 10.0. The van der Waals surface area contributed by atoms with Gasteiger partial charge in [-0.25, -0.2) is 0 Å². The molecule has 0 fully saturated rings. The number of benzene rings is 1. The minimum atomic E-state index is -0.428. The Balaban J connectivity index is 0.00000289. The van der Waals surface area contributed by atoms with E-state index in [0.29, 0.717) is 0 Å². The Labute approximate surface area is 121 Å². The van der Waals surface area contributed by atoms with Gasteiger partial charge in [0.25, 0.3) is 0 Å². The van der Waals surface area contributed by atoms with E-state index in [1.54, 1.807) is 11.8 Å². The first-order valence-electron chi connectivity index (χ1n) is 6.24. The molecule has 0 bridgehead atoms. The van der Waals surface area contributed by atoms with Crippen molar-refractivity contribution in [2.45, 2.75) is 43.7 Å². The second-order valence-corrected chi connectivity index (χ2v) is 5.19. The van der Waals surface area contributed by atoms with Gasteiger partial charge in [0, 0.05) is 10.9 Å². The van der Waals surface area contributed by atoms with Gasteiger partial charge >= 0.3 is 0 Å². The molecule has 2 nitrogen and oxygen atoms in total.